The van der Waals surface area contributed by atoms with Gasteiger partial charge in [0.15, 0.2) is 0 Å². The second-order valence-electron chi connectivity index (χ2n) is 6.27. The smallest absolute Gasteiger partial charge is 0.264 e. The summed E-state index contributed by atoms with van der Waals surface area (Å²) in [6, 6.07) is 4.32. The fraction of sp³-hybridized carbons (Fsp3) is 0.533. The molecule has 0 aliphatic carbocycles. The third-order valence-electron chi connectivity index (χ3n) is 4.19. The third-order valence-corrected chi connectivity index (χ3v) is 5.54. The van der Waals surface area contributed by atoms with Crippen LogP contribution in [-0.4, -0.2) is 42.4 Å². The van der Waals surface area contributed by atoms with Crippen LogP contribution in [0.2, 0.25) is 0 Å². The van der Waals surface area contributed by atoms with Crippen LogP contribution in [0.4, 0.5) is 0 Å². The molecule has 0 spiro atoms. The molecule has 1 amide bonds. The number of benzene rings is 1. The summed E-state index contributed by atoms with van der Waals surface area (Å²) >= 11 is 0. The number of aromatic nitrogens is 3. The number of nitrogens with one attached hydrogen (secondary N) is 2. The number of fused-ring (bicyclic) bond motifs is 1. The average Bonchev–Trinajstić information content (AvgIpc) is 3.02. The van der Waals surface area contributed by atoms with Gasteiger partial charge in [-0.25, -0.2) is 13.1 Å². The number of H-pyrrole nitrogens is 1. The van der Waals surface area contributed by atoms with Gasteiger partial charge in [0.05, 0.1) is 16.9 Å². The monoisotopic (exact) mass is 352 g/mol. The molecule has 0 unspecified atom stereocenters. The maximum absolute atomic E-state index is 12.5. The summed E-state index contributed by atoms with van der Waals surface area (Å²) in [4.78, 5) is 12.5. The molecule has 1 aliphatic heterocycles. The van der Waals surface area contributed by atoms with E-state index in [1.54, 1.807) is 6.07 Å². The lowest BCUT2D eigenvalue weighted by atomic mass is 9.87. The summed E-state index contributed by atoms with van der Waals surface area (Å²) in [7, 11) is -3.96. The van der Waals surface area contributed by atoms with Gasteiger partial charge in [0.2, 0.25) is 5.91 Å². The second kappa shape index (κ2) is 6.48. The van der Waals surface area contributed by atoms with Gasteiger partial charge in [-0.1, -0.05) is 13.8 Å². The van der Waals surface area contributed by atoms with Crippen LogP contribution in [-0.2, 0) is 19.6 Å². The third kappa shape index (κ3) is 3.27. The number of nitrogens with zero attached hydrogens (tertiary/aromatic N) is 2. The summed E-state index contributed by atoms with van der Waals surface area (Å²) in [6.07, 6.45) is 1.09. The molecule has 2 N–H and O–H groups in total. The molecule has 8 nitrogen and oxygen atoms in total. The topological polar surface area (TPSA) is 114 Å². The van der Waals surface area contributed by atoms with Crippen molar-refractivity contribution in [3.05, 3.63) is 18.2 Å². The molecule has 9 heteroatoms. The molecule has 1 fully saturated rings. The molecule has 0 radical (unpaired) electrons. The lowest BCUT2D eigenvalue weighted by Gasteiger charge is -2.33. The van der Waals surface area contributed by atoms with E-state index in [0.29, 0.717) is 24.1 Å². The lowest BCUT2D eigenvalue weighted by Crippen LogP contribution is -2.45. The van der Waals surface area contributed by atoms with Crippen molar-refractivity contribution in [2.75, 3.05) is 6.61 Å². The Hall–Kier alpha value is -2.00. The molecule has 1 aliphatic rings. The van der Waals surface area contributed by atoms with Crippen LogP contribution < -0.4 is 4.72 Å². The van der Waals surface area contributed by atoms with Crippen molar-refractivity contribution in [3.8, 4) is 0 Å². The molecule has 1 aromatic carbocycles. The average molecular weight is 352 g/mol. The van der Waals surface area contributed by atoms with Crippen LogP contribution in [0.15, 0.2) is 23.1 Å². The molecule has 2 heterocycles. The zero-order chi connectivity index (χ0) is 17.3. The minimum atomic E-state index is -3.96. The van der Waals surface area contributed by atoms with Gasteiger partial charge >= 0.3 is 0 Å². The first-order chi connectivity index (χ1) is 11.4. The minimum Gasteiger partial charge on any atom is -0.377 e. The van der Waals surface area contributed by atoms with Gasteiger partial charge in [-0.15, -0.1) is 0 Å². The Balaban J connectivity index is 1.81. The lowest BCUT2D eigenvalue weighted by molar-refractivity contribution is -0.135. The molecule has 2 atom stereocenters. The largest absolute Gasteiger partial charge is 0.377 e. The molecule has 1 aromatic heterocycles. The summed E-state index contributed by atoms with van der Waals surface area (Å²) in [5.74, 6) is -0.854. The first-order valence-corrected chi connectivity index (χ1v) is 9.35. The summed E-state index contributed by atoms with van der Waals surface area (Å²) in [6.45, 7) is 4.52. The molecule has 3 rings (SSSR count). The molecular weight excluding hydrogens is 332 g/mol. The van der Waals surface area contributed by atoms with E-state index in [-0.39, 0.29) is 16.9 Å². The Morgan fingerprint density at radius 2 is 2.08 bits per heavy atom. The predicted molar refractivity (Wildman–Crippen MR) is 86.5 cm³/mol. The number of carbonyl (C=O) groups excluding carboxylic acids is 1. The summed E-state index contributed by atoms with van der Waals surface area (Å²) < 4.78 is 32.8. The maximum Gasteiger partial charge on any atom is 0.264 e. The molecular formula is C15H20N4O4S. The van der Waals surface area contributed by atoms with Crippen molar-refractivity contribution in [3.63, 3.8) is 0 Å². The number of carbonyl (C=O) groups is 1. The Morgan fingerprint density at radius 3 is 2.83 bits per heavy atom. The van der Waals surface area contributed by atoms with Gasteiger partial charge in [-0.3, -0.25) is 4.79 Å². The van der Waals surface area contributed by atoms with E-state index in [4.69, 9.17) is 4.74 Å². The zero-order valence-corrected chi connectivity index (χ0v) is 14.3. The van der Waals surface area contributed by atoms with Gasteiger partial charge in [0.1, 0.15) is 11.0 Å². The fourth-order valence-electron chi connectivity index (χ4n) is 2.99. The Bertz CT molecular complexity index is 846. The predicted octanol–water partition coefficient (Wildman–Crippen LogP) is 1.21. The van der Waals surface area contributed by atoms with Crippen molar-refractivity contribution < 1.29 is 17.9 Å². The highest BCUT2D eigenvalue weighted by Gasteiger charge is 2.35. The SMILES string of the molecule is CC(C)[C@@H]1OCCC[C@@H]1C(=O)NS(=O)(=O)c1ccc2n[nH]nc2c1. The van der Waals surface area contributed by atoms with E-state index >= 15 is 0 Å². The molecule has 0 bridgehead atoms. The highest BCUT2D eigenvalue weighted by molar-refractivity contribution is 7.90. The van der Waals surface area contributed by atoms with Crippen molar-refractivity contribution >= 4 is 27.0 Å². The van der Waals surface area contributed by atoms with Crippen LogP contribution in [0.1, 0.15) is 26.7 Å². The van der Waals surface area contributed by atoms with Crippen molar-refractivity contribution in [2.24, 2.45) is 11.8 Å². The Morgan fingerprint density at radius 1 is 1.33 bits per heavy atom. The van der Waals surface area contributed by atoms with Gasteiger partial charge in [0.25, 0.3) is 10.0 Å². The van der Waals surface area contributed by atoms with Gasteiger partial charge in [-0.05, 0) is 37.0 Å². The Kier molecular flexibility index (Phi) is 4.55. The second-order valence-corrected chi connectivity index (χ2v) is 7.95. The number of ether oxygens (including phenoxy) is 1. The van der Waals surface area contributed by atoms with E-state index in [9.17, 15) is 13.2 Å². The van der Waals surface area contributed by atoms with E-state index in [1.165, 1.54) is 12.1 Å². The van der Waals surface area contributed by atoms with Crippen LogP contribution in [0.3, 0.4) is 0 Å². The number of hydrogen-bond acceptors (Lipinski definition) is 6. The molecule has 1 saturated heterocycles. The summed E-state index contributed by atoms with van der Waals surface area (Å²) in [5, 5.41) is 10.2. The van der Waals surface area contributed by atoms with Crippen molar-refractivity contribution in [1.29, 1.82) is 0 Å². The first-order valence-electron chi connectivity index (χ1n) is 7.87. The molecule has 2 aromatic rings. The van der Waals surface area contributed by atoms with Crippen LogP contribution in [0, 0.1) is 11.8 Å². The standard InChI is InChI=1S/C15H20N4O4S/c1-9(2)14-11(4-3-7-23-14)15(20)18-24(21,22)10-5-6-12-13(8-10)17-19-16-12/h5-6,8-9,11,14H,3-4,7H2,1-2H3,(H,18,20)(H,16,17,19)/t11-,14-/m0/s1. The zero-order valence-electron chi connectivity index (χ0n) is 13.5. The van der Waals surface area contributed by atoms with E-state index in [0.717, 1.165) is 6.42 Å². The quantitative estimate of drug-likeness (QED) is 0.855. The van der Waals surface area contributed by atoms with Gasteiger partial charge < -0.3 is 4.74 Å². The maximum atomic E-state index is 12.5. The van der Waals surface area contributed by atoms with Crippen molar-refractivity contribution in [1.82, 2.24) is 20.1 Å². The number of sulfonamides is 1. The van der Waals surface area contributed by atoms with Crippen LogP contribution in [0.25, 0.3) is 11.0 Å². The van der Waals surface area contributed by atoms with Crippen molar-refractivity contribution in [2.45, 2.75) is 37.7 Å². The Labute approximate surface area is 140 Å². The van der Waals surface area contributed by atoms with E-state index in [1.807, 2.05) is 13.8 Å². The summed E-state index contributed by atoms with van der Waals surface area (Å²) in [5.41, 5.74) is 0.979. The fourth-order valence-corrected chi connectivity index (χ4v) is 4.04. The minimum absolute atomic E-state index is 0.0184. The highest BCUT2D eigenvalue weighted by Crippen LogP contribution is 2.27. The molecule has 130 valence electrons. The molecule has 0 saturated carbocycles. The number of amides is 1. The first kappa shape index (κ1) is 16.8. The normalized spacial score (nSPS) is 22.0. The molecule has 24 heavy (non-hydrogen) atoms. The highest BCUT2D eigenvalue weighted by atomic mass is 32.2. The number of aromatic amines is 1. The van der Waals surface area contributed by atoms with Gasteiger partial charge in [0, 0.05) is 6.61 Å². The number of hydrogen-bond donors (Lipinski definition) is 2. The van der Waals surface area contributed by atoms with E-state index in [2.05, 4.69) is 20.1 Å². The number of rotatable bonds is 4. The van der Waals surface area contributed by atoms with Crippen LogP contribution in [0.5, 0.6) is 0 Å². The van der Waals surface area contributed by atoms with Crippen LogP contribution >= 0.6 is 0 Å². The van der Waals surface area contributed by atoms with E-state index < -0.39 is 21.8 Å². The van der Waals surface area contributed by atoms with Gasteiger partial charge in [-0.2, -0.15) is 15.4 Å².